The van der Waals surface area contributed by atoms with E-state index in [9.17, 15) is 17.6 Å². The van der Waals surface area contributed by atoms with Gasteiger partial charge in [-0.1, -0.05) is 54.6 Å². The number of rotatable bonds is 4. The van der Waals surface area contributed by atoms with Crippen molar-refractivity contribution in [3.8, 4) is 11.1 Å². The summed E-state index contributed by atoms with van der Waals surface area (Å²) in [5.74, 6) is -0.627. The Morgan fingerprint density at radius 2 is 1.78 bits per heavy atom. The lowest BCUT2D eigenvalue weighted by Crippen LogP contribution is -2.07. The topological polar surface area (TPSA) is 68.5 Å². The van der Waals surface area contributed by atoms with E-state index in [4.69, 9.17) is 0 Å². The monoisotopic (exact) mass is 448 g/mol. The minimum Gasteiger partial charge on any atom is -0.302 e. The Morgan fingerprint density at radius 3 is 2.44 bits per heavy atom. The highest BCUT2D eigenvalue weighted by atomic mass is 32.2. The number of pyridine rings is 1. The van der Waals surface area contributed by atoms with Gasteiger partial charge in [-0.25, -0.2) is 17.8 Å². The van der Waals surface area contributed by atoms with Gasteiger partial charge in [0.15, 0.2) is 15.6 Å². The first-order valence-corrected chi connectivity index (χ1v) is 12.3. The van der Waals surface area contributed by atoms with E-state index in [0.29, 0.717) is 34.5 Å². The maximum absolute atomic E-state index is 15.0. The van der Waals surface area contributed by atoms with Crippen LogP contribution in [-0.2, 0) is 9.84 Å². The summed E-state index contributed by atoms with van der Waals surface area (Å²) in [6.07, 6.45) is 3.22. The van der Waals surface area contributed by atoms with Crippen molar-refractivity contribution in [1.82, 2.24) is 9.38 Å². The number of halogens is 1. The Kier molecular flexibility index (Phi) is 4.74. The molecule has 0 amide bonds. The van der Waals surface area contributed by atoms with Gasteiger partial charge in [-0.05, 0) is 23.6 Å². The van der Waals surface area contributed by atoms with Gasteiger partial charge in [0.05, 0.1) is 10.9 Å². The number of sulfone groups is 1. The predicted octanol–water partition coefficient (Wildman–Crippen LogP) is 4.96. The number of nitrogens with zero attached hydrogens (tertiary/aromatic N) is 2. The van der Waals surface area contributed by atoms with Crippen molar-refractivity contribution in [2.24, 2.45) is 0 Å². The van der Waals surface area contributed by atoms with Gasteiger partial charge in [0.2, 0.25) is 0 Å². The van der Waals surface area contributed by atoms with E-state index in [2.05, 4.69) is 4.98 Å². The first kappa shape index (κ1) is 20.6. The summed E-state index contributed by atoms with van der Waals surface area (Å²) in [4.78, 5) is 17.0. The fourth-order valence-corrected chi connectivity index (χ4v) is 5.01. The molecule has 7 heteroatoms. The SMILES string of the molecule is CC(c1ccc(-c2cn3c4c(nc3cc2F)C(=O)CC4c2ccccc2)cc1)S(C)(=O)=O. The molecule has 0 saturated heterocycles. The summed E-state index contributed by atoms with van der Waals surface area (Å²) in [6.45, 7) is 1.63. The van der Waals surface area contributed by atoms with E-state index in [1.54, 1.807) is 37.4 Å². The molecule has 1 aliphatic carbocycles. The molecule has 0 radical (unpaired) electrons. The molecular formula is C25H21FN2O3S. The highest BCUT2D eigenvalue weighted by molar-refractivity contribution is 7.90. The summed E-state index contributed by atoms with van der Waals surface area (Å²) < 4.78 is 40.5. The van der Waals surface area contributed by atoms with Crippen molar-refractivity contribution in [3.05, 3.63) is 95.2 Å². The average Bonchev–Trinajstić information content (AvgIpc) is 3.29. The van der Waals surface area contributed by atoms with Gasteiger partial charge >= 0.3 is 0 Å². The highest BCUT2D eigenvalue weighted by Crippen LogP contribution is 2.39. The Labute approximate surface area is 185 Å². The summed E-state index contributed by atoms with van der Waals surface area (Å²) >= 11 is 0. The van der Waals surface area contributed by atoms with Gasteiger partial charge in [0, 0.05) is 36.4 Å². The molecule has 32 heavy (non-hydrogen) atoms. The zero-order valence-electron chi connectivity index (χ0n) is 17.6. The minimum atomic E-state index is -3.23. The summed E-state index contributed by atoms with van der Waals surface area (Å²) in [5.41, 5.74) is 4.22. The van der Waals surface area contributed by atoms with Crippen LogP contribution in [0.3, 0.4) is 0 Å². The van der Waals surface area contributed by atoms with Crippen LogP contribution in [0.2, 0.25) is 0 Å². The number of benzene rings is 2. The van der Waals surface area contributed by atoms with Gasteiger partial charge < -0.3 is 4.40 Å². The molecule has 2 heterocycles. The minimum absolute atomic E-state index is 0.0429. The van der Waals surface area contributed by atoms with Crippen molar-refractivity contribution in [1.29, 1.82) is 0 Å². The molecule has 0 saturated carbocycles. The molecule has 0 fully saturated rings. The Morgan fingerprint density at radius 1 is 1.09 bits per heavy atom. The van der Waals surface area contributed by atoms with Crippen molar-refractivity contribution in [3.63, 3.8) is 0 Å². The number of imidazole rings is 1. The summed E-state index contributed by atoms with van der Waals surface area (Å²) in [7, 11) is -3.23. The number of carbonyl (C=O) groups is 1. The van der Waals surface area contributed by atoms with E-state index >= 15 is 0 Å². The van der Waals surface area contributed by atoms with E-state index in [-0.39, 0.29) is 11.7 Å². The zero-order chi connectivity index (χ0) is 22.6. The maximum Gasteiger partial charge on any atom is 0.184 e. The molecule has 0 aliphatic heterocycles. The van der Waals surface area contributed by atoms with Crippen LogP contribution in [-0.4, -0.2) is 29.8 Å². The fraction of sp³-hybridized carbons (Fsp3) is 0.200. The molecular weight excluding hydrogens is 427 g/mol. The van der Waals surface area contributed by atoms with Crippen LogP contribution >= 0.6 is 0 Å². The van der Waals surface area contributed by atoms with Crippen LogP contribution in [0.25, 0.3) is 16.8 Å². The third-order valence-electron chi connectivity index (χ3n) is 6.27. The van der Waals surface area contributed by atoms with Crippen molar-refractivity contribution >= 4 is 21.3 Å². The predicted molar refractivity (Wildman–Crippen MR) is 121 cm³/mol. The van der Waals surface area contributed by atoms with Crippen LogP contribution in [0.4, 0.5) is 4.39 Å². The molecule has 1 aliphatic rings. The zero-order valence-corrected chi connectivity index (χ0v) is 18.4. The molecule has 162 valence electrons. The molecule has 5 rings (SSSR count). The Balaban J connectivity index is 1.62. The second kappa shape index (κ2) is 7.38. The molecule has 2 aromatic carbocycles. The van der Waals surface area contributed by atoms with Gasteiger partial charge in [-0.15, -0.1) is 0 Å². The van der Waals surface area contributed by atoms with Crippen LogP contribution in [0.15, 0.2) is 66.9 Å². The number of Topliss-reactive ketones (excluding diaryl/α,β-unsaturated/α-hetero) is 1. The Hall–Kier alpha value is -3.32. The molecule has 0 bridgehead atoms. The van der Waals surface area contributed by atoms with Crippen molar-refractivity contribution in [2.75, 3.05) is 6.26 Å². The van der Waals surface area contributed by atoms with Crippen LogP contribution in [0.1, 0.15) is 51.8 Å². The summed E-state index contributed by atoms with van der Waals surface area (Å²) in [5, 5.41) is -0.640. The van der Waals surface area contributed by atoms with E-state index in [1.165, 1.54) is 12.3 Å². The molecule has 2 atom stereocenters. The van der Waals surface area contributed by atoms with E-state index < -0.39 is 20.9 Å². The molecule has 0 N–H and O–H groups in total. The van der Waals surface area contributed by atoms with Gasteiger partial charge in [-0.2, -0.15) is 0 Å². The average molecular weight is 449 g/mol. The van der Waals surface area contributed by atoms with Crippen LogP contribution < -0.4 is 0 Å². The molecule has 2 unspecified atom stereocenters. The third-order valence-corrected chi connectivity index (χ3v) is 7.82. The lowest BCUT2D eigenvalue weighted by molar-refractivity contribution is 0.0987. The number of hydrogen-bond donors (Lipinski definition) is 0. The van der Waals surface area contributed by atoms with Crippen LogP contribution in [0.5, 0.6) is 0 Å². The number of fused-ring (bicyclic) bond motifs is 3. The second-order valence-electron chi connectivity index (χ2n) is 8.29. The van der Waals surface area contributed by atoms with E-state index in [0.717, 1.165) is 11.3 Å². The Bertz CT molecular complexity index is 1460. The lowest BCUT2D eigenvalue weighted by atomic mass is 9.96. The van der Waals surface area contributed by atoms with Gasteiger partial charge in [-0.3, -0.25) is 4.79 Å². The number of hydrogen-bond acceptors (Lipinski definition) is 4. The van der Waals surface area contributed by atoms with Crippen molar-refractivity contribution < 1.29 is 17.6 Å². The molecule has 0 spiro atoms. The number of carbonyl (C=O) groups excluding carboxylic acids is 1. The molecule has 2 aromatic heterocycles. The first-order chi connectivity index (χ1) is 15.2. The number of ketones is 1. The molecule has 4 aromatic rings. The maximum atomic E-state index is 15.0. The van der Waals surface area contributed by atoms with Crippen LogP contribution in [0, 0.1) is 5.82 Å². The third kappa shape index (κ3) is 3.33. The molecule has 5 nitrogen and oxygen atoms in total. The highest BCUT2D eigenvalue weighted by Gasteiger charge is 2.35. The first-order valence-electron chi connectivity index (χ1n) is 10.3. The van der Waals surface area contributed by atoms with E-state index in [1.807, 2.05) is 34.7 Å². The quantitative estimate of drug-likeness (QED) is 0.442. The van der Waals surface area contributed by atoms with Gasteiger partial charge in [0.25, 0.3) is 0 Å². The standard InChI is InChI=1S/C25H21FN2O3S/c1-15(32(2,30)31)16-8-10-18(11-9-16)20-14-28-23(13-21(20)26)27-24-22(29)12-19(25(24)28)17-6-4-3-5-7-17/h3-11,13-15,19H,12H2,1-2H3. The smallest absolute Gasteiger partial charge is 0.184 e. The normalized spacial score (nSPS) is 17.0. The summed E-state index contributed by atoms with van der Waals surface area (Å²) in [6, 6.07) is 18.0. The largest absolute Gasteiger partial charge is 0.302 e. The van der Waals surface area contributed by atoms with Crippen molar-refractivity contribution in [2.45, 2.75) is 24.5 Å². The number of aromatic nitrogens is 2. The lowest BCUT2D eigenvalue weighted by Gasteiger charge is -2.14. The van der Waals surface area contributed by atoms with Gasteiger partial charge in [0.1, 0.15) is 17.2 Å². The fourth-order valence-electron chi connectivity index (χ4n) is 4.35. The second-order valence-corrected chi connectivity index (χ2v) is 10.7.